The standard InChI is InChI=1S/C12H16ClN3OS/c1-4-5-14-8(3)11-15-16-12(17-11)10-9(13)7(2)6-18-10/h6,8,14H,4-5H2,1-3H3. The smallest absolute Gasteiger partial charge is 0.259 e. The largest absolute Gasteiger partial charge is 0.418 e. The molecule has 2 rings (SSSR count). The summed E-state index contributed by atoms with van der Waals surface area (Å²) in [7, 11) is 0. The molecule has 0 saturated heterocycles. The maximum Gasteiger partial charge on any atom is 0.259 e. The Morgan fingerprint density at radius 1 is 1.50 bits per heavy atom. The molecule has 0 fully saturated rings. The van der Waals surface area contributed by atoms with Crippen molar-refractivity contribution in [2.75, 3.05) is 6.54 Å². The molecule has 2 heterocycles. The summed E-state index contributed by atoms with van der Waals surface area (Å²) >= 11 is 7.71. The molecule has 0 bridgehead atoms. The average molecular weight is 286 g/mol. The van der Waals surface area contributed by atoms with E-state index in [-0.39, 0.29) is 6.04 Å². The Hall–Kier alpha value is -0.910. The molecule has 18 heavy (non-hydrogen) atoms. The van der Waals surface area contributed by atoms with E-state index in [0.29, 0.717) is 16.8 Å². The first-order valence-corrected chi connectivity index (χ1v) is 7.20. The number of thiophene rings is 1. The lowest BCUT2D eigenvalue weighted by molar-refractivity contribution is 0.423. The number of rotatable bonds is 5. The number of aryl methyl sites for hydroxylation is 1. The van der Waals surface area contributed by atoms with Crippen LogP contribution in [0.1, 0.15) is 37.8 Å². The molecule has 0 saturated carbocycles. The maximum atomic E-state index is 6.18. The fourth-order valence-corrected chi connectivity index (χ4v) is 2.72. The third-order valence-electron chi connectivity index (χ3n) is 2.60. The van der Waals surface area contributed by atoms with Gasteiger partial charge in [-0.1, -0.05) is 18.5 Å². The molecule has 6 heteroatoms. The normalized spacial score (nSPS) is 12.9. The highest BCUT2D eigenvalue weighted by molar-refractivity contribution is 7.14. The predicted molar refractivity (Wildman–Crippen MR) is 74.1 cm³/mol. The van der Waals surface area contributed by atoms with Crippen molar-refractivity contribution < 1.29 is 4.42 Å². The van der Waals surface area contributed by atoms with E-state index in [9.17, 15) is 0 Å². The highest BCUT2D eigenvalue weighted by Gasteiger charge is 2.18. The van der Waals surface area contributed by atoms with Crippen LogP contribution in [0.15, 0.2) is 9.80 Å². The Morgan fingerprint density at radius 2 is 2.28 bits per heavy atom. The molecule has 0 amide bonds. The molecule has 2 aromatic heterocycles. The van der Waals surface area contributed by atoms with Crippen LogP contribution in [0.3, 0.4) is 0 Å². The zero-order valence-electron chi connectivity index (χ0n) is 10.7. The second-order valence-electron chi connectivity index (χ2n) is 4.18. The van der Waals surface area contributed by atoms with Crippen LogP contribution in [0.4, 0.5) is 0 Å². The lowest BCUT2D eigenvalue weighted by atomic mass is 10.3. The van der Waals surface area contributed by atoms with E-state index in [2.05, 4.69) is 22.4 Å². The van der Waals surface area contributed by atoms with Gasteiger partial charge in [0.25, 0.3) is 5.89 Å². The van der Waals surface area contributed by atoms with Gasteiger partial charge in [-0.3, -0.25) is 0 Å². The fraction of sp³-hybridized carbons (Fsp3) is 0.500. The van der Waals surface area contributed by atoms with E-state index < -0.39 is 0 Å². The van der Waals surface area contributed by atoms with Gasteiger partial charge in [-0.15, -0.1) is 21.5 Å². The molecule has 1 N–H and O–H groups in total. The van der Waals surface area contributed by atoms with E-state index in [0.717, 1.165) is 23.4 Å². The third kappa shape index (κ3) is 2.74. The zero-order chi connectivity index (χ0) is 13.1. The van der Waals surface area contributed by atoms with Crippen molar-refractivity contribution in [1.82, 2.24) is 15.5 Å². The molecule has 0 aromatic carbocycles. The van der Waals surface area contributed by atoms with Crippen molar-refractivity contribution in [3.05, 3.63) is 21.9 Å². The molecule has 0 aliphatic rings. The van der Waals surface area contributed by atoms with Crippen LogP contribution in [0.25, 0.3) is 10.8 Å². The number of nitrogens with one attached hydrogen (secondary N) is 1. The second kappa shape index (κ2) is 5.82. The zero-order valence-corrected chi connectivity index (χ0v) is 12.2. The first kappa shape index (κ1) is 13.5. The Kier molecular flexibility index (Phi) is 4.37. The number of hydrogen-bond donors (Lipinski definition) is 1. The molecule has 98 valence electrons. The van der Waals surface area contributed by atoms with Crippen molar-refractivity contribution in [3.8, 4) is 10.8 Å². The minimum absolute atomic E-state index is 0.0611. The van der Waals surface area contributed by atoms with Crippen molar-refractivity contribution in [2.45, 2.75) is 33.2 Å². The lowest BCUT2D eigenvalue weighted by Crippen LogP contribution is -2.19. The Morgan fingerprint density at radius 3 is 2.89 bits per heavy atom. The molecule has 1 atom stereocenters. The topological polar surface area (TPSA) is 51.0 Å². The first-order valence-electron chi connectivity index (χ1n) is 5.94. The van der Waals surface area contributed by atoms with Crippen molar-refractivity contribution in [2.24, 2.45) is 0 Å². The van der Waals surface area contributed by atoms with Crippen LogP contribution in [0.5, 0.6) is 0 Å². The maximum absolute atomic E-state index is 6.18. The minimum atomic E-state index is 0.0611. The van der Waals surface area contributed by atoms with Crippen LogP contribution in [0, 0.1) is 6.92 Å². The summed E-state index contributed by atoms with van der Waals surface area (Å²) in [5, 5.41) is 14.1. The van der Waals surface area contributed by atoms with Crippen molar-refractivity contribution >= 4 is 22.9 Å². The van der Waals surface area contributed by atoms with Crippen molar-refractivity contribution in [3.63, 3.8) is 0 Å². The number of hydrogen-bond acceptors (Lipinski definition) is 5. The van der Waals surface area contributed by atoms with Gasteiger partial charge in [0, 0.05) is 0 Å². The monoisotopic (exact) mass is 285 g/mol. The Labute approximate surface area is 115 Å². The fourth-order valence-electron chi connectivity index (χ4n) is 1.52. The van der Waals surface area contributed by atoms with Gasteiger partial charge in [0.2, 0.25) is 5.89 Å². The lowest BCUT2D eigenvalue weighted by Gasteiger charge is -2.07. The van der Waals surface area contributed by atoms with Crippen LogP contribution < -0.4 is 5.32 Å². The summed E-state index contributed by atoms with van der Waals surface area (Å²) in [6.45, 7) is 7.02. The third-order valence-corrected chi connectivity index (χ3v) is 4.29. The van der Waals surface area contributed by atoms with Crippen LogP contribution in [0.2, 0.25) is 5.02 Å². The minimum Gasteiger partial charge on any atom is -0.418 e. The van der Waals surface area contributed by atoms with E-state index in [1.54, 1.807) is 0 Å². The number of halogens is 1. The van der Waals surface area contributed by atoms with Gasteiger partial charge in [-0.05, 0) is 37.8 Å². The summed E-state index contributed by atoms with van der Waals surface area (Å²) in [5.41, 5.74) is 1.04. The van der Waals surface area contributed by atoms with E-state index in [1.807, 2.05) is 19.2 Å². The van der Waals surface area contributed by atoms with Crippen molar-refractivity contribution in [1.29, 1.82) is 0 Å². The van der Waals surface area contributed by atoms with E-state index in [1.165, 1.54) is 11.3 Å². The first-order chi connectivity index (χ1) is 8.63. The molecule has 0 aliphatic carbocycles. The Balaban J connectivity index is 2.17. The molecule has 2 aromatic rings. The van der Waals surface area contributed by atoms with E-state index >= 15 is 0 Å². The summed E-state index contributed by atoms with van der Waals surface area (Å²) in [6, 6.07) is 0.0611. The van der Waals surface area contributed by atoms with Gasteiger partial charge in [-0.25, -0.2) is 0 Å². The predicted octanol–water partition coefficient (Wildman–Crippen LogP) is 3.82. The number of aromatic nitrogens is 2. The molecule has 4 nitrogen and oxygen atoms in total. The highest BCUT2D eigenvalue weighted by atomic mass is 35.5. The quantitative estimate of drug-likeness (QED) is 0.907. The Bertz CT molecular complexity index is 523. The van der Waals surface area contributed by atoms with Gasteiger partial charge in [0.15, 0.2) is 0 Å². The number of nitrogens with zero attached hydrogens (tertiary/aromatic N) is 2. The van der Waals surface area contributed by atoms with Gasteiger partial charge < -0.3 is 9.73 Å². The summed E-state index contributed by atoms with van der Waals surface area (Å²) in [5.74, 6) is 1.10. The second-order valence-corrected chi connectivity index (χ2v) is 5.44. The summed E-state index contributed by atoms with van der Waals surface area (Å²) < 4.78 is 5.66. The highest BCUT2D eigenvalue weighted by Crippen LogP contribution is 2.35. The van der Waals surface area contributed by atoms with Crippen LogP contribution in [-0.2, 0) is 0 Å². The molecule has 0 radical (unpaired) electrons. The van der Waals surface area contributed by atoms with E-state index in [4.69, 9.17) is 16.0 Å². The van der Waals surface area contributed by atoms with Gasteiger partial charge in [0.05, 0.1) is 11.1 Å². The van der Waals surface area contributed by atoms with Gasteiger partial charge in [0.1, 0.15) is 4.88 Å². The summed E-state index contributed by atoms with van der Waals surface area (Å²) in [4.78, 5) is 0.843. The molecule has 0 spiro atoms. The van der Waals surface area contributed by atoms with Crippen LogP contribution in [-0.4, -0.2) is 16.7 Å². The molecular weight excluding hydrogens is 270 g/mol. The SMILES string of the molecule is CCCNC(C)c1nnc(-c2scc(C)c2Cl)o1. The molecule has 1 unspecified atom stereocenters. The molecule has 0 aliphatic heterocycles. The van der Waals surface area contributed by atoms with Gasteiger partial charge >= 0.3 is 0 Å². The average Bonchev–Trinajstić information content (AvgIpc) is 2.95. The van der Waals surface area contributed by atoms with Crippen LogP contribution >= 0.6 is 22.9 Å². The summed E-state index contributed by atoms with van der Waals surface area (Å²) in [6.07, 6.45) is 1.07. The molecular formula is C12H16ClN3OS. The van der Waals surface area contributed by atoms with Gasteiger partial charge in [-0.2, -0.15) is 0 Å².